The van der Waals surface area contributed by atoms with Gasteiger partial charge in [-0.1, -0.05) is 28.1 Å². The highest BCUT2D eigenvalue weighted by Crippen LogP contribution is 2.17. The van der Waals surface area contributed by atoms with Crippen LogP contribution in [0.3, 0.4) is 0 Å². The minimum atomic E-state index is 0.419. The van der Waals surface area contributed by atoms with Crippen LogP contribution in [0.4, 0.5) is 5.69 Å². The molecule has 0 aromatic heterocycles. The van der Waals surface area contributed by atoms with Gasteiger partial charge >= 0.3 is 0 Å². The van der Waals surface area contributed by atoms with Crippen LogP contribution < -0.4 is 15.4 Å². The Morgan fingerprint density at radius 2 is 1.76 bits per heavy atom. The number of halogens is 1. The molecule has 0 spiro atoms. The zero-order chi connectivity index (χ0) is 15.2. The Hall–Kier alpha value is -1.59. The van der Waals surface area contributed by atoms with Crippen LogP contribution in [0.5, 0.6) is 5.75 Å². The minimum absolute atomic E-state index is 0.419. The second kappa shape index (κ2) is 7.43. The van der Waals surface area contributed by atoms with Crippen molar-refractivity contribution in [1.29, 1.82) is 0 Å². The van der Waals surface area contributed by atoms with E-state index in [9.17, 15) is 0 Å². The third-order valence-electron chi connectivity index (χ3n) is 3.10. The molecule has 2 N–H and O–H groups in total. The molecule has 2 aromatic carbocycles. The standard InChI is InChI=1S/C16H17BrN2OS/c1-19(14-6-2-12(3-7-14)16(18)21)10-11-20-15-8-4-13(17)5-9-15/h2-9H,10-11H2,1H3,(H2,18,21). The van der Waals surface area contributed by atoms with Gasteiger partial charge in [-0.15, -0.1) is 0 Å². The van der Waals surface area contributed by atoms with E-state index in [0.29, 0.717) is 11.6 Å². The molecule has 0 amide bonds. The van der Waals surface area contributed by atoms with Crippen LogP contribution in [0.1, 0.15) is 5.56 Å². The van der Waals surface area contributed by atoms with Crippen molar-refractivity contribution in [3.8, 4) is 5.75 Å². The molecule has 2 aromatic rings. The summed E-state index contributed by atoms with van der Waals surface area (Å²) in [7, 11) is 2.03. The molecule has 0 heterocycles. The number of nitrogens with two attached hydrogens (primary N) is 1. The topological polar surface area (TPSA) is 38.5 Å². The Balaban J connectivity index is 1.85. The monoisotopic (exact) mass is 364 g/mol. The predicted octanol–water partition coefficient (Wildman–Crippen LogP) is 3.60. The molecule has 0 aliphatic heterocycles. The normalized spacial score (nSPS) is 10.2. The number of likely N-dealkylation sites (N-methyl/N-ethyl adjacent to an activating group) is 1. The van der Waals surface area contributed by atoms with Gasteiger partial charge < -0.3 is 15.4 Å². The molecule has 0 unspecified atom stereocenters. The largest absolute Gasteiger partial charge is 0.492 e. The van der Waals surface area contributed by atoms with E-state index in [1.54, 1.807) is 0 Å². The molecule has 2 rings (SSSR count). The molecule has 5 heteroatoms. The minimum Gasteiger partial charge on any atom is -0.492 e. The summed E-state index contributed by atoms with van der Waals surface area (Å²) < 4.78 is 6.76. The van der Waals surface area contributed by atoms with Crippen molar-refractivity contribution in [2.24, 2.45) is 5.73 Å². The van der Waals surface area contributed by atoms with E-state index in [2.05, 4.69) is 20.8 Å². The van der Waals surface area contributed by atoms with Gasteiger partial charge in [-0.2, -0.15) is 0 Å². The summed E-state index contributed by atoms with van der Waals surface area (Å²) in [6.45, 7) is 1.41. The van der Waals surface area contributed by atoms with Crippen molar-refractivity contribution in [2.75, 3.05) is 25.1 Å². The summed E-state index contributed by atoms with van der Waals surface area (Å²) in [5.41, 5.74) is 7.58. The second-order valence-electron chi connectivity index (χ2n) is 4.64. The lowest BCUT2D eigenvalue weighted by Gasteiger charge is -2.19. The summed E-state index contributed by atoms with van der Waals surface area (Å²) in [5, 5.41) is 0. The molecule has 0 saturated carbocycles. The number of thiocarbonyl (C=S) groups is 1. The summed E-state index contributed by atoms with van der Waals surface area (Å²) >= 11 is 8.35. The number of benzene rings is 2. The van der Waals surface area contributed by atoms with Gasteiger partial charge in [0.1, 0.15) is 17.3 Å². The molecule has 0 fully saturated rings. The number of hydrogen-bond donors (Lipinski definition) is 1. The van der Waals surface area contributed by atoms with Gasteiger partial charge in [0.2, 0.25) is 0 Å². The van der Waals surface area contributed by atoms with Gasteiger partial charge in [-0.25, -0.2) is 0 Å². The summed E-state index contributed by atoms with van der Waals surface area (Å²) in [6.07, 6.45) is 0. The number of ether oxygens (including phenoxy) is 1. The molecule has 110 valence electrons. The van der Waals surface area contributed by atoms with Crippen LogP contribution in [0, 0.1) is 0 Å². The van der Waals surface area contributed by atoms with E-state index in [-0.39, 0.29) is 0 Å². The van der Waals surface area contributed by atoms with Gasteiger partial charge in [0.15, 0.2) is 0 Å². The van der Waals surface area contributed by atoms with Gasteiger partial charge in [0.05, 0.1) is 6.54 Å². The van der Waals surface area contributed by atoms with Gasteiger partial charge in [-0.05, 0) is 48.5 Å². The van der Waals surface area contributed by atoms with Crippen LogP contribution in [0.25, 0.3) is 0 Å². The predicted molar refractivity (Wildman–Crippen MR) is 95.2 cm³/mol. The van der Waals surface area contributed by atoms with Crippen LogP contribution in [0.2, 0.25) is 0 Å². The molecular weight excluding hydrogens is 348 g/mol. The first kappa shape index (κ1) is 15.8. The Labute approximate surface area is 138 Å². The maximum absolute atomic E-state index is 5.71. The van der Waals surface area contributed by atoms with E-state index < -0.39 is 0 Å². The summed E-state index contributed by atoms with van der Waals surface area (Å²) in [5.74, 6) is 0.871. The van der Waals surface area contributed by atoms with E-state index in [1.165, 1.54) is 0 Å². The lowest BCUT2D eigenvalue weighted by atomic mass is 10.2. The van der Waals surface area contributed by atoms with E-state index in [4.69, 9.17) is 22.7 Å². The van der Waals surface area contributed by atoms with E-state index in [0.717, 1.165) is 28.0 Å². The fourth-order valence-corrected chi connectivity index (χ4v) is 2.24. The highest BCUT2D eigenvalue weighted by atomic mass is 79.9. The first-order valence-corrected chi connectivity index (χ1v) is 7.76. The number of hydrogen-bond acceptors (Lipinski definition) is 3. The average molecular weight is 365 g/mol. The number of anilines is 1. The fraction of sp³-hybridized carbons (Fsp3) is 0.188. The summed E-state index contributed by atoms with van der Waals surface area (Å²) in [6, 6.07) is 15.7. The highest BCUT2D eigenvalue weighted by molar-refractivity contribution is 9.10. The van der Waals surface area contributed by atoms with Crippen molar-refractivity contribution in [3.05, 3.63) is 58.6 Å². The molecule has 0 atom stereocenters. The van der Waals surface area contributed by atoms with E-state index >= 15 is 0 Å². The first-order valence-electron chi connectivity index (χ1n) is 6.55. The van der Waals surface area contributed by atoms with Crippen molar-refractivity contribution in [3.63, 3.8) is 0 Å². The smallest absolute Gasteiger partial charge is 0.119 e. The quantitative estimate of drug-likeness (QED) is 0.794. The number of nitrogens with zero attached hydrogens (tertiary/aromatic N) is 1. The molecule has 3 nitrogen and oxygen atoms in total. The first-order chi connectivity index (χ1) is 10.1. The van der Waals surface area contributed by atoms with Crippen LogP contribution in [0.15, 0.2) is 53.0 Å². The SMILES string of the molecule is CN(CCOc1ccc(Br)cc1)c1ccc(C(N)=S)cc1. The lowest BCUT2D eigenvalue weighted by molar-refractivity contribution is 0.326. The Morgan fingerprint density at radius 3 is 2.33 bits per heavy atom. The van der Waals surface area contributed by atoms with Crippen LogP contribution in [-0.4, -0.2) is 25.2 Å². The molecule has 0 radical (unpaired) electrons. The zero-order valence-electron chi connectivity index (χ0n) is 11.8. The van der Waals surface area contributed by atoms with Crippen molar-refractivity contribution >= 4 is 38.8 Å². The van der Waals surface area contributed by atoms with Crippen LogP contribution >= 0.6 is 28.1 Å². The average Bonchev–Trinajstić information content (AvgIpc) is 2.49. The maximum atomic E-state index is 5.71. The Kier molecular flexibility index (Phi) is 5.59. The lowest BCUT2D eigenvalue weighted by Crippen LogP contribution is -2.23. The fourth-order valence-electron chi connectivity index (χ4n) is 1.84. The van der Waals surface area contributed by atoms with Gasteiger partial charge in [0.25, 0.3) is 0 Å². The summed E-state index contributed by atoms with van der Waals surface area (Å²) in [4.78, 5) is 2.55. The van der Waals surface area contributed by atoms with Gasteiger partial charge in [-0.3, -0.25) is 0 Å². The molecule has 0 aliphatic carbocycles. The molecule has 0 aliphatic rings. The van der Waals surface area contributed by atoms with Crippen molar-refractivity contribution in [2.45, 2.75) is 0 Å². The third kappa shape index (κ3) is 4.72. The zero-order valence-corrected chi connectivity index (χ0v) is 14.2. The molecule has 0 bridgehead atoms. The third-order valence-corrected chi connectivity index (χ3v) is 3.87. The Morgan fingerprint density at radius 1 is 1.14 bits per heavy atom. The van der Waals surface area contributed by atoms with Crippen LogP contribution in [-0.2, 0) is 0 Å². The van der Waals surface area contributed by atoms with Crippen molar-refractivity contribution < 1.29 is 4.74 Å². The highest BCUT2D eigenvalue weighted by Gasteiger charge is 2.02. The van der Waals surface area contributed by atoms with Crippen molar-refractivity contribution in [1.82, 2.24) is 0 Å². The second-order valence-corrected chi connectivity index (χ2v) is 5.99. The Bertz CT molecular complexity index is 599. The molecule has 0 saturated heterocycles. The maximum Gasteiger partial charge on any atom is 0.119 e. The molecular formula is C16H17BrN2OS. The number of rotatable bonds is 6. The van der Waals surface area contributed by atoms with E-state index in [1.807, 2.05) is 55.6 Å². The van der Waals surface area contributed by atoms with Gasteiger partial charge in [0, 0.05) is 22.8 Å². The molecule has 21 heavy (non-hydrogen) atoms.